The quantitative estimate of drug-likeness (QED) is 0.129. The van der Waals surface area contributed by atoms with E-state index >= 15 is 0 Å². The van der Waals surface area contributed by atoms with Crippen molar-refractivity contribution in [1.82, 2.24) is 29.9 Å². The number of hydrogen-bond donors (Lipinski definition) is 1. The Kier molecular flexibility index (Phi) is 26.7. The van der Waals surface area contributed by atoms with Crippen molar-refractivity contribution in [3.05, 3.63) is 334 Å². The second-order valence-corrected chi connectivity index (χ2v) is 21.2. The van der Waals surface area contributed by atoms with Crippen molar-refractivity contribution >= 4 is 86.1 Å². The predicted octanol–water partition coefficient (Wildman–Crippen LogP) is 19.8. The minimum Gasteiger partial charge on any atom is -0.477 e. The van der Waals surface area contributed by atoms with Gasteiger partial charge in [0, 0.05) is 80.6 Å². The van der Waals surface area contributed by atoms with E-state index in [4.69, 9.17) is 5.11 Å². The first-order valence-electron chi connectivity index (χ1n) is 26.6. The van der Waals surface area contributed by atoms with Crippen molar-refractivity contribution in [3.63, 3.8) is 0 Å². The first-order chi connectivity index (χ1) is 42.9. The molecule has 90 heavy (non-hydrogen) atoms. The Morgan fingerprint density at radius 3 is 0.978 bits per heavy atom. The third kappa shape index (κ3) is 19.4. The van der Waals surface area contributed by atoms with Crippen molar-refractivity contribution in [1.29, 1.82) is 0 Å². The van der Waals surface area contributed by atoms with Gasteiger partial charge in [-0.2, -0.15) is 0 Å². The summed E-state index contributed by atoms with van der Waals surface area (Å²) in [5, 5.41) is 15.4. The molecular weight excluding hydrogens is 1690 g/mol. The van der Waals surface area contributed by atoms with E-state index in [-0.39, 0.29) is 57.0 Å². The summed E-state index contributed by atoms with van der Waals surface area (Å²) in [7, 11) is 0. The standard InChI is InChI=1S/3C15H9BrN.2C11H6F2N.C6H5NO2.2Ir/c3*16-13-7-5-12(6-8-13)15-14-4-2-1-3-11(14)9-10-17-15;2*12-8-4-5-9(10(13)7-8)11-3-1-2-6-14-11;8-6(9)5-3-1-2-4-7-5;;/h3*1-5,7-10H;2*1-4,6-7H;1-4H,(H,8,9);;/q5*-1;;;+3. The van der Waals surface area contributed by atoms with Crippen LogP contribution in [0.3, 0.4) is 0 Å². The molecule has 6 aromatic heterocycles. The largest absolute Gasteiger partial charge is 3.00 e. The van der Waals surface area contributed by atoms with Crippen molar-refractivity contribution in [2.45, 2.75) is 0 Å². The smallest absolute Gasteiger partial charge is 0.477 e. The number of carbonyl (C=O) groups is 1. The number of halogens is 7. The van der Waals surface area contributed by atoms with E-state index in [1.54, 1.807) is 60.9 Å². The van der Waals surface area contributed by atoms with Crippen molar-refractivity contribution in [2.24, 2.45) is 0 Å². The van der Waals surface area contributed by atoms with Crippen LogP contribution in [0.25, 0.3) is 88.6 Å². The second kappa shape index (κ2) is 34.9. The maximum Gasteiger partial charge on any atom is 3.00 e. The number of pyridine rings is 6. The Hall–Kier alpha value is -8.63. The van der Waals surface area contributed by atoms with Crippen LogP contribution in [0.15, 0.2) is 275 Å². The van der Waals surface area contributed by atoms with Gasteiger partial charge in [-0.3, -0.25) is 17.6 Å². The molecule has 0 unspecified atom stereocenters. The molecule has 0 saturated carbocycles. The summed E-state index contributed by atoms with van der Waals surface area (Å²) in [4.78, 5) is 35.0. The minimum atomic E-state index is -0.990. The third-order valence-electron chi connectivity index (χ3n) is 12.6. The number of hydrogen-bond acceptors (Lipinski definition) is 7. The van der Waals surface area contributed by atoms with Crippen LogP contribution < -0.4 is 0 Å². The molecule has 0 fully saturated rings. The number of carboxylic acids is 1. The molecule has 8 aromatic carbocycles. The molecule has 8 nitrogen and oxygen atoms in total. The number of aromatic nitrogens is 6. The van der Waals surface area contributed by atoms with Crippen LogP contribution in [0.1, 0.15) is 10.5 Å². The monoisotopic (exact) mass is 1740 g/mol. The molecule has 6 heterocycles. The average molecular weight is 1740 g/mol. The molecule has 0 saturated heterocycles. The van der Waals surface area contributed by atoms with E-state index in [1.807, 2.05) is 128 Å². The van der Waals surface area contributed by atoms with Gasteiger partial charge in [-0.25, -0.2) is 9.78 Å². The topological polar surface area (TPSA) is 115 Å². The molecule has 0 amide bonds. The van der Waals surface area contributed by atoms with E-state index in [9.17, 15) is 22.4 Å². The average Bonchev–Trinajstić information content (AvgIpc) is 1.22. The molecule has 1 radical (unpaired) electrons. The van der Waals surface area contributed by atoms with Crippen LogP contribution in [-0.4, -0.2) is 41.0 Å². The van der Waals surface area contributed by atoms with Gasteiger partial charge in [0.1, 0.15) is 5.69 Å². The number of benzene rings is 8. The van der Waals surface area contributed by atoms with Crippen LogP contribution in [0, 0.1) is 53.6 Å². The summed E-state index contributed by atoms with van der Waals surface area (Å²) in [5.74, 6) is -3.56. The summed E-state index contributed by atoms with van der Waals surface area (Å²) in [6.07, 6.45) is 10.1. The van der Waals surface area contributed by atoms with Gasteiger partial charge in [-0.05, 0) is 103 Å². The van der Waals surface area contributed by atoms with Gasteiger partial charge >= 0.3 is 26.1 Å². The molecule has 0 aliphatic heterocycles. The van der Waals surface area contributed by atoms with Crippen LogP contribution >= 0.6 is 47.8 Å². The minimum absolute atomic E-state index is 0. The molecular formula is C73H44Br3F4Ir2N6O2-2. The van der Waals surface area contributed by atoms with E-state index in [1.165, 1.54) is 28.4 Å². The molecule has 0 aliphatic rings. The van der Waals surface area contributed by atoms with E-state index in [2.05, 4.69) is 144 Å². The number of fused-ring (bicyclic) bond motifs is 3. The summed E-state index contributed by atoms with van der Waals surface area (Å²) < 4.78 is 54.7. The molecule has 0 atom stereocenters. The zero-order valence-electron chi connectivity index (χ0n) is 46.7. The predicted molar refractivity (Wildman–Crippen MR) is 349 cm³/mol. The molecule has 0 aliphatic carbocycles. The number of nitrogens with zero attached hydrogens (tertiary/aromatic N) is 6. The normalized spacial score (nSPS) is 10.1. The van der Waals surface area contributed by atoms with Crippen LogP contribution in [0.4, 0.5) is 17.6 Å². The molecule has 0 spiro atoms. The zero-order chi connectivity index (χ0) is 61.6. The van der Waals surface area contributed by atoms with E-state index in [0.29, 0.717) is 11.4 Å². The third-order valence-corrected chi connectivity index (χ3v) is 14.0. The number of carboxylic acid groups (broad SMARTS) is 1. The SMILES string of the molecule is Brc1c[c-]c(-c2nccc3ccccc23)cc1.Brc1c[c-]c(-c2nccc3ccccc23)cc1.Brc1c[c-]c(-c2nccc3ccccc23)cc1.Fc1c[c-]c(-c2ccccn2)c(F)c1.Fc1c[c-]c(-c2ccccn2)c(F)c1.O=C(O)c1ccccn1.[Ir+3].[Ir]. The van der Waals surface area contributed by atoms with Crippen LogP contribution in [-0.2, 0) is 40.2 Å². The zero-order valence-corrected chi connectivity index (χ0v) is 56.2. The fourth-order valence-electron chi connectivity index (χ4n) is 8.46. The number of aromatic carboxylic acids is 1. The van der Waals surface area contributed by atoms with Crippen molar-refractivity contribution in [3.8, 4) is 56.3 Å². The van der Waals surface area contributed by atoms with Crippen LogP contribution in [0.2, 0.25) is 0 Å². The molecule has 14 aromatic rings. The van der Waals surface area contributed by atoms with Gasteiger partial charge < -0.3 is 30.0 Å². The fraction of sp³-hybridized carbons (Fsp3) is 0. The maximum absolute atomic E-state index is 13.2. The molecule has 14 rings (SSSR count). The Balaban J connectivity index is 0.000000154. The molecule has 0 bridgehead atoms. The van der Waals surface area contributed by atoms with Crippen molar-refractivity contribution < 1.29 is 67.7 Å². The molecule has 447 valence electrons. The summed E-state index contributed by atoms with van der Waals surface area (Å²) in [6, 6.07) is 82.2. The van der Waals surface area contributed by atoms with Crippen molar-refractivity contribution in [2.75, 3.05) is 0 Å². The first-order valence-corrected chi connectivity index (χ1v) is 29.0. The Morgan fingerprint density at radius 2 is 0.700 bits per heavy atom. The van der Waals surface area contributed by atoms with E-state index < -0.39 is 29.2 Å². The van der Waals surface area contributed by atoms with Gasteiger partial charge in [0.2, 0.25) is 0 Å². The second-order valence-electron chi connectivity index (χ2n) is 18.4. The van der Waals surface area contributed by atoms with Gasteiger partial charge in [0.25, 0.3) is 0 Å². The maximum atomic E-state index is 13.2. The summed E-state index contributed by atoms with van der Waals surface area (Å²) >= 11 is 10.2. The number of rotatable bonds is 6. The summed E-state index contributed by atoms with van der Waals surface area (Å²) in [5.41, 5.74) is 7.35. The fourth-order valence-corrected chi connectivity index (χ4v) is 9.20. The first kappa shape index (κ1) is 68.9. The Labute approximate surface area is 569 Å². The van der Waals surface area contributed by atoms with Gasteiger partial charge in [0.05, 0.1) is 0 Å². The molecule has 17 heteroatoms. The summed E-state index contributed by atoms with van der Waals surface area (Å²) in [6.45, 7) is 0. The Morgan fingerprint density at radius 1 is 0.367 bits per heavy atom. The van der Waals surface area contributed by atoms with E-state index in [0.717, 1.165) is 87.6 Å². The van der Waals surface area contributed by atoms with Gasteiger partial charge in [-0.15, -0.1) is 162 Å². The Bertz CT molecular complexity index is 4190. The van der Waals surface area contributed by atoms with Gasteiger partial charge in [-0.1, -0.05) is 140 Å². The van der Waals surface area contributed by atoms with Gasteiger partial charge in [0.15, 0.2) is 0 Å². The molecule has 1 N–H and O–H groups in total. The van der Waals surface area contributed by atoms with Crippen LogP contribution in [0.5, 0.6) is 0 Å².